The molecule has 0 aliphatic heterocycles. The van der Waals surface area contributed by atoms with Crippen molar-refractivity contribution in [3.8, 4) is 17.1 Å². The largest absolute Gasteiger partial charge is 0.506 e. The van der Waals surface area contributed by atoms with Crippen molar-refractivity contribution in [2.75, 3.05) is 5.75 Å². The van der Waals surface area contributed by atoms with Crippen molar-refractivity contribution >= 4 is 23.4 Å². The molecule has 1 N–H and O–H groups in total. The Labute approximate surface area is 148 Å². The highest BCUT2D eigenvalue weighted by Gasteiger charge is 2.13. The summed E-state index contributed by atoms with van der Waals surface area (Å²) < 4.78 is 5.34. The summed E-state index contributed by atoms with van der Waals surface area (Å²) in [5.41, 5.74) is 1.29. The summed E-state index contributed by atoms with van der Waals surface area (Å²) in [6.07, 6.45) is 0.806. The number of halogens is 1. The average Bonchev–Trinajstić information content (AvgIpc) is 2.58. The lowest BCUT2D eigenvalue weighted by Gasteiger charge is -2.06. The van der Waals surface area contributed by atoms with E-state index < -0.39 is 5.63 Å². The van der Waals surface area contributed by atoms with E-state index in [2.05, 4.69) is 0 Å². The fourth-order valence-corrected chi connectivity index (χ4v) is 3.40. The van der Waals surface area contributed by atoms with E-state index in [1.807, 2.05) is 30.3 Å². The van der Waals surface area contributed by atoms with Gasteiger partial charge in [-0.3, -0.25) is 0 Å². The quantitative estimate of drug-likeness (QED) is 0.652. The molecule has 0 saturated carbocycles. The lowest BCUT2D eigenvalue weighted by Crippen LogP contribution is -2.04. The summed E-state index contributed by atoms with van der Waals surface area (Å²) in [4.78, 5) is 12.4. The van der Waals surface area contributed by atoms with Crippen LogP contribution in [0.5, 0.6) is 5.75 Å². The van der Waals surface area contributed by atoms with Gasteiger partial charge < -0.3 is 9.52 Å². The minimum Gasteiger partial charge on any atom is -0.506 e. The van der Waals surface area contributed by atoms with Gasteiger partial charge in [-0.1, -0.05) is 54.1 Å². The third-order valence-corrected chi connectivity index (χ3v) is 4.79. The van der Waals surface area contributed by atoms with Gasteiger partial charge in [0.15, 0.2) is 0 Å². The molecule has 0 spiro atoms. The van der Waals surface area contributed by atoms with Crippen LogP contribution < -0.4 is 5.63 Å². The first-order chi connectivity index (χ1) is 11.6. The highest BCUT2D eigenvalue weighted by atomic mass is 35.5. The maximum atomic E-state index is 12.2. The maximum absolute atomic E-state index is 12.2. The first kappa shape index (κ1) is 16.7. The second-order valence-electron chi connectivity index (χ2n) is 5.21. The summed E-state index contributed by atoms with van der Waals surface area (Å²) in [5, 5.41) is 10.7. The average molecular weight is 359 g/mol. The van der Waals surface area contributed by atoms with E-state index in [9.17, 15) is 9.90 Å². The standard InChI is InChI=1S/C19H15ClO3S/c20-15-8-4-7-14(11-15)17-12-16(21)18(19(22)23-17)24-10-9-13-5-2-1-3-6-13/h1-8,11-12,21H,9-10H2. The van der Waals surface area contributed by atoms with Crippen LogP contribution in [0.4, 0.5) is 0 Å². The third kappa shape index (κ3) is 4.02. The lowest BCUT2D eigenvalue weighted by molar-refractivity contribution is 0.430. The van der Waals surface area contributed by atoms with Crippen LogP contribution in [0.25, 0.3) is 11.3 Å². The van der Waals surface area contributed by atoms with Crippen LogP contribution in [-0.2, 0) is 6.42 Å². The molecule has 0 saturated heterocycles. The van der Waals surface area contributed by atoms with Crippen LogP contribution >= 0.6 is 23.4 Å². The van der Waals surface area contributed by atoms with Gasteiger partial charge in [0, 0.05) is 22.4 Å². The molecule has 1 heterocycles. The maximum Gasteiger partial charge on any atom is 0.353 e. The third-order valence-electron chi connectivity index (χ3n) is 3.48. The molecular formula is C19H15ClO3S. The van der Waals surface area contributed by atoms with Crippen LogP contribution in [0.3, 0.4) is 0 Å². The second kappa shape index (κ2) is 7.60. The molecule has 0 unspecified atom stereocenters. The summed E-state index contributed by atoms with van der Waals surface area (Å²) in [6, 6.07) is 18.4. The minimum atomic E-state index is -0.539. The Morgan fingerprint density at radius 3 is 2.54 bits per heavy atom. The molecule has 3 nitrogen and oxygen atoms in total. The molecule has 2 aromatic carbocycles. The molecule has 3 aromatic rings. The fourth-order valence-electron chi connectivity index (χ4n) is 2.30. The Bertz CT molecular complexity index is 891. The van der Waals surface area contributed by atoms with E-state index >= 15 is 0 Å². The molecule has 0 atom stereocenters. The zero-order chi connectivity index (χ0) is 16.9. The molecule has 0 amide bonds. The first-order valence-electron chi connectivity index (χ1n) is 7.43. The van der Waals surface area contributed by atoms with Gasteiger partial charge in [0.05, 0.1) is 0 Å². The van der Waals surface area contributed by atoms with Gasteiger partial charge >= 0.3 is 5.63 Å². The number of hydrogen-bond acceptors (Lipinski definition) is 4. The number of thioether (sulfide) groups is 1. The van der Waals surface area contributed by atoms with Crippen molar-refractivity contribution in [1.82, 2.24) is 0 Å². The van der Waals surface area contributed by atoms with E-state index in [1.54, 1.807) is 24.3 Å². The SMILES string of the molecule is O=c1oc(-c2cccc(Cl)c2)cc(O)c1SCCc1ccccc1. The molecule has 0 bridgehead atoms. The molecule has 24 heavy (non-hydrogen) atoms. The van der Waals surface area contributed by atoms with E-state index in [4.69, 9.17) is 16.0 Å². The van der Waals surface area contributed by atoms with Crippen LogP contribution in [0.2, 0.25) is 5.02 Å². The number of benzene rings is 2. The van der Waals surface area contributed by atoms with Crippen molar-refractivity contribution in [2.24, 2.45) is 0 Å². The molecule has 1 aromatic heterocycles. The molecule has 3 rings (SSSR count). The van der Waals surface area contributed by atoms with Gasteiger partial charge in [-0.05, 0) is 24.1 Å². The van der Waals surface area contributed by atoms with Crippen molar-refractivity contribution in [3.63, 3.8) is 0 Å². The topological polar surface area (TPSA) is 50.4 Å². The molecule has 122 valence electrons. The highest BCUT2D eigenvalue weighted by molar-refractivity contribution is 7.99. The Morgan fingerprint density at radius 1 is 1.04 bits per heavy atom. The number of aromatic hydroxyl groups is 1. The highest BCUT2D eigenvalue weighted by Crippen LogP contribution is 2.30. The number of hydrogen-bond donors (Lipinski definition) is 1. The minimum absolute atomic E-state index is 0.0701. The van der Waals surface area contributed by atoms with Crippen molar-refractivity contribution in [2.45, 2.75) is 11.3 Å². The van der Waals surface area contributed by atoms with Crippen molar-refractivity contribution in [3.05, 3.63) is 81.7 Å². The van der Waals surface area contributed by atoms with Gasteiger partial charge in [-0.25, -0.2) is 4.79 Å². The molecular weight excluding hydrogens is 344 g/mol. The van der Waals surface area contributed by atoms with Crippen LogP contribution in [-0.4, -0.2) is 10.9 Å². The van der Waals surface area contributed by atoms with Crippen LogP contribution in [0.15, 0.2) is 74.8 Å². The van der Waals surface area contributed by atoms with Crippen LogP contribution in [0, 0.1) is 0 Å². The van der Waals surface area contributed by atoms with Gasteiger partial charge in [-0.2, -0.15) is 0 Å². The lowest BCUT2D eigenvalue weighted by atomic mass is 10.1. The number of rotatable bonds is 5. The molecule has 0 radical (unpaired) electrons. The Kier molecular flexibility index (Phi) is 5.28. The second-order valence-corrected chi connectivity index (χ2v) is 6.75. The zero-order valence-electron chi connectivity index (χ0n) is 12.7. The first-order valence-corrected chi connectivity index (χ1v) is 8.79. The van der Waals surface area contributed by atoms with E-state index in [0.717, 1.165) is 6.42 Å². The van der Waals surface area contributed by atoms with Crippen molar-refractivity contribution in [1.29, 1.82) is 0 Å². The summed E-state index contributed by atoms with van der Waals surface area (Å²) >= 11 is 7.24. The van der Waals surface area contributed by atoms with E-state index in [0.29, 0.717) is 22.1 Å². The predicted molar refractivity (Wildman–Crippen MR) is 98.0 cm³/mol. The molecule has 0 aliphatic rings. The Balaban J connectivity index is 1.77. The summed E-state index contributed by atoms with van der Waals surface area (Å²) in [5.74, 6) is 0.908. The smallest absolute Gasteiger partial charge is 0.353 e. The van der Waals surface area contributed by atoms with Gasteiger partial charge in [0.25, 0.3) is 0 Å². The monoisotopic (exact) mass is 358 g/mol. The fraction of sp³-hybridized carbons (Fsp3) is 0.105. The van der Waals surface area contributed by atoms with Gasteiger partial charge in [0.2, 0.25) is 0 Å². The molecule has 5 heteroatoms. The zero-order valence-corrected chi connectivity index (χ0v) is 14.3. The Morgan fingerprint density at radius 2 is 1.83 bits per heavy atom. The molecule has 0 fully saturated rings. The summed E-state index contributed by atoms with van der Waals surface area (Å²) in [7, 11) is 0. The van der Waals surface area contributed by atoms with Gasteiger partial charge in [0.1, 0.15) is 16.4 Å². The van der Waals surface area contributed by atoms with Gasteiger partial charge in [-0.15, -0.1) is 11.8 Å². The normalized spacial score (nSPS) is 10.7. The van der Waals surface area contributed by atoms with E-state index in [1.165, 1.54) is 23.4 Å². The predicted octanol–water partition coefficient (Wildman–Crippen LogP) is 5.00. The molecule has 0 aliphatic carbocycles. The number of aryl methyl sites for hydroxylation is 1. The van der Waals surface area contributed by atoms with E-state index in [-0.39, 0.29) is 10.6 Å². The van der Waals surface area contributed by atoms with Crippen molar-refractivity contribution < 1.29 is 9.52 Å². The summed E-state index contributed by atoms with van der Waals surface area (Å²) in [6.45, 7) is 0. The Hall–Kier alpha value is -2.17. The van der Waals surface area contributed by atoms with Crippen LogP contribution in [0.1, 0.15) is 5.56 Å².